The Balaban J connectivity index is 2.77. The number of aromatic carboxylic acids is 1. The van der Waals surface area contributed by atoms with E-state index in [2.05, 4.69) is 9.97 Å². The first-order valence-electron chi connectivity index (χ1n) is 4.14. The third kappa shape index (κ3) is 1.14. The van der Waals surface area contributed by atoms with Gasteiger partial charge >= 0.3 is 5.97 Å². The fourth-order valence-corrected chi connectivity index (χ4v) is 1.25. The summed E-state index contributed by atoms with van der Waals surface area (Å²) in [7, 11) is 0. The summed E-state index contributed by atoms with van der Waals surface area (Å²) < 4.78 is 1.68. The molecule has 5 nitrogen and oxygen atoms in total. The van der Waals surface area contributed by atoms with Crippen LogP contribution in [0, 0.1) is 13.8 Å². The fourth-order valence-electron chi connectivity index (χ4n) is 1.25. The molecule has 0 bridgehead atoms. The second-order valence-electron chi connectivity index (χ2n) is 3.13. The van der Waals surface area contributed by atoms with Crippen molar-refractivity contribution in [1.82, 2.24) is 14.4 Å². The summed E-state index contributed by atoms with van der Waals surface area (Å²) in [6.45, 7) is 3.82. The second-order valence-corrected chi connectivity index (χ2v) is 3.13. The lowest BCUT2D eigenvalue weighted by Gasteiger charge is -2.00. The highest BCUT2D eigenvalue weighted by atomic mass is 16.4. The summed E-state index contributed by atoms with van der Waals surface area (Å²) in [6.07, 6.45) is 3.16. The zero-order valence-electron chi connectivity index (χ0n) is 7.85. The topological polar surface area (TPSA) is 67.5 Å². The number of aromatic nitrogens is 3. The van der Waals surface area contributed by atoms with Crippen LogP contribution in [0.25, 0.3) is 5.78 Å². The largest absolute Gasteiger partial charge is 0.476 e. The number of carboxylic acid groups (broad SMARTS) is 1. The van der Waals surface area contributed by atoms with Crippen molar-refractivity contribution >= 4 is 11.7 Å². The lowest BCUT2D eigenvalue weighted by molar-refractivity contribution is 0.0691. The van der Waals surface area contributed by atoms with E-state index >= 15 is 0 Å². The SMILES string of the molecule is Cc1cnc2nc(C(=O)O)cn2c1C. The van der Waals surface area contributed by atoms with E-state index < -0.39 is 5.97 Å². The van der Waals surface area contributed by atoms with Gasteiger partial charge < -0.3 is 5.11 Å². The third-order valence-corrected chi connectivity index (χ3v) is 2.21. The smallest absolute Gasteiger partial charge is 0.356 e. The van der Waals surface area contributed by atoms with E-state index in [1.54, 1.807) is 10.6 Å². The number of fused-ring (bicyclic) bond motifs is 1. The van der Waals surface area contributed by atoms with Crippen molar-refractivity contribution in [2.24, 2.45) is 0 Å². The Morgan fingerprint density at radius 1 is 1.50 bits per heavy atom. The highest BCUT2D eigenvalue weighted by Crippen LogP contribution is 2.09. The summed E-state index contributed by atoms with van der Waals surface area (Å²) in [4.78, 5) is 18.6. The van der Waals surface area contributed by atoms with Crippen LogP contribution in [0.1, 0.15) is 21.7 Å². The highest BCUT2D eigenvalue weighted by molar-refractivity contribution is 5.85. The van der Waals surface area contributed by atoms with Crippen LogP contribution in [-0.2, 0) is 0 Å². The highest BCUT2D eigenvalue weighted by Gasteiger charge is 2.10. The van der Waals surface area contributed by atoms with E-state index in [0.717, 1.165) is 11.3 Å². The van der Waals surface area contributed by atoms with Crippen LogP contribution in [0.15, 0.2) is 12.4 Å². The van der Waals surface area contributed by atoms with Crippen LogP contribution < -0.4 is 0 Å². The molecule has 14 heavy (non-hydrogen) atoms. The number of hydrogen-bond donors (Lipinski definition) is 1. The molecule has 0 amide bonds. The number of nitrogens with zero attached hydrogens (tertiary/aromatic N) is 3. The van der Waals surface area contributed by atoms with Crippen molar-refractivity contribution in [2.75, 3.05) is 0 Å². The molecule has 0 unspecified atom stereocenters. The van der Waals surface area contributed by atoms with Gasteiger partial charge in [-0.2, -0.15) is 0 Å². The van der Waals surface area contributed by atoms with Crippen LogP contribution in [0.5, 0.6) is 0 Å². The van der Waals surface area contributed by atoms with Crippen molar-refractivity contribution in [1.29, 1.82) is 0 Å². The first-order chi connectivity index (χ1) is 6.59. The Morgan fingerprint density at radius 2 is 2.21 bits per heavy atom. The predicted octanol–water partition coefficient (Wildman–Crippen LogP) is 1.04. The summed E-state index contributed by atoms with van der Waals surface area (Å²) in [6, 6.07) is 0. The van der Waals surface area contributed by atoms with E-state index in [0.29, 0.717) is 5.78 Å². The molecule has 2 heterocycles. The average molecular weight is 191 g/mol. The van der Waals surface area contributed by atoms with Gasteiger partial charge in [-0.1, -0.05) is 0 Å². The molecule has 2 aromatic heterocycles. The number of hydrogen-bond acceptors (Lipinski definition) is 3. The van der Waals surface area contributed by atoms with Crippen LogP contribution in [0.3, 0.4) is 0 Å². The molecule has 0 atom stereocenters. The average Bonchev–Trinajstić information content (AvgIpc) is 2.56. The molecular formula is C9H9N3O2. The van der Waals surface area contributed by atoms with Crippen LogP contribution >= 0.6 is 0 Å². The van der Waals surface area contributed by atoms with E-state index in [4.69, 9.17) is 5.11 Å². The van der Waals surface area contributed by atoms with Gasteiger partial charge in [0, 0.05) is 18.1 Å². The summed E-state index contributed by atoms with van der Waals surface area (Å²) in [5.74, 6) is -0.613. The van der Waals surface area contributed by atoms with Gasteiger partial charge in [0.25, 0.3) is 0 Å². The van der Waals surface area contributed by atoms with Gasteiger partial charge in [0.1, 0.15) is 0 Å². The maximum absolute atomic E-state index is 10.7. The van der Waals surface area contributed by atoms with Gasteiger partial charge in [0.2, 0.25) is 5.78 Å². The van der Waals surface area contributed by atoms with Gasteiger partial charge in [-0.3, -0.25) is 4.40 Å². The summed E-state index contributed by atoms with van der Waals surface area (Å²) >= 11 is 0. The molecule has 1 N–H and O–H groups in total. The number of rotatable bonds is 1. The summed E-state index contributed by atoms with van der Waals surface area (Å²) in [5, 5.41) is 8.74. The molecule has 0 spiro atoms. The van der Waals surface area contributed by atoms with Gasteiger partial charge in [-0.15, -0.1) is 0 Å². The summed E-state index contributed by atoms with van der Waals surface area (Å²) in [5.41, 5.74) is 1.98. The minimum Gasteiger partial charge on any atom is -0.476 e. The van der Waals surface area contributed by atoms with Crippen molar-refractivity contribution in [3.05, 3.63) is 29.3 Å². The molecule has 0 saturated heterocycles. The Labute approximate surface area is 80.0 Å². The molecule has 0 aromatic carbocycles. The van der Waals surface area contributed by atoms with Crippen molar-refractivity contribution in [2.45, 2.75) is 13.8 Å². The first-order valence-corrected chi connectivity index (χ1v) is 4.14. The van der Waals surface area contributed by atoms with Crippen molar-refractivity contribution in [3.63, 3.8) is 0 Å². The molecule has 0 radical (unpaired) electrons. The zero-order valence-corrected chi connectivity index (χ0v) is 7.85. The van der Waals surface area contributed by atoms with E-state index in [1.165, 1.54) is 6.20 Å². The normalized spacial score (nSPS) is 10.7. The van der Waals surface area contributed by atoms with Crippen molar-refractivity contribution in [3.8, 4) is 0 Å². The number of aryl methyl sites for hydroxylation is 2. The Bertz CT molecular complexity index is 516. The Hall–Kier alpha value is -1.91. The standard InChI is InChI=1S/C9H9N3O2/c1-5-3-10-9-11-7(8(13)14)4-12(9)6(5)2/h3-4H,1-2H3,(H,13,14). The molecule has 0 saturated carbocycles. The Morgan fingerprint density at radius 3 is 2.86 bits per heavy atom. The lowest BCUT2D eigenvalue weighted by atomic mass is 10.3. The number of imidazole rings is 1. The third-order valence-electron chi connectivity index (χ3n) is 2.21. The molecule has 0 aliphatic carbocycles. The predicted molar refractivity (Wildman–Crippen MR) is 49.4 cm³/mol. The van der Waals surface area contributed by atoms with Gasteiger partial charge in [0.15, 0.2) is 5.69 Å². The molecule has 0 aliphatic heterocycles. The van der Waals surface area contributed by atoms with Gasteiger partial charge in [-0.25, -0.2) is 14.8 Å². The quantitative estimate of drug-likeness (QED) is 0.731. The maximum Gasteiger partial charge on any atom is 0.356 e. The maximum atomic E-state index is 10.7. The zero-order chi connectivity index (χ0) is 10.3. The van der Waals surface area contributed by atoms with E-state index in [-0.39, 0.29) is 5.69 Å². The molecule has 2 aromatic rings. The van der Waals surface area contributed by atoms with Gasteiger partial charge in [-0.05, 0) is 19.4 Å². The van der Waals surface area contributed by atoms with Crippen LogP contribution in [0.4, 0.5) is 0 Å². The first kappa shape index (κ1) is 8.68. The minimum atomic E-state index is -1.03. The molecule has 5 heteroatoms. The lowest BCUT2D eigenvalue weighted by Crippen LogP contribution is -1.95. The number of carboxylic acids is 1. The second kappa shape index (κ2) is 2.80. The van der Waals surface area contributed by atoms with E-state index in [9.17, 15) is 4.79 Å². The molecule has 72 valence electrons. The minimum absolute atomic E-state index is 0.0196. The monoisotopic (exact) mass is 191 g/mol. The van der Waals surface area contributed by atoms with Crippen molar-refractivity contribution < 1.29 is 9.90 Å². The fraction of sp³-hybridized carbons (Fsp3) is 0.222. The molecule has 0 fully saturated rings. The Kier molecular flexibility index (Phi) is 1.73. The van der Waals surface area contributed by atoms with Crippen LogP contribution in [-0.4, -0.2) is 25.4 Å². The number of carbonyl (C=O) groups is 1. The van der Waals surface area contributed by atoms with Gasteiger partial charge in [0.05, 0.1) is 0 Å². The van der Waals surface area contributed by atoms with Crippen LogP contribution in [0.2, 0.25) is 0 Å². The molecular weight excluding hydrogens is 182 g/mol. The molecule has 2 rings (SSSR count). The molecule has 0 aliphatic rings. The van der Waals surface area contributed by atoms with E-state index in [1.807, 2.05) is 13.8 Å².